The van der Waals surface area contributed by atoms with Crippen molar-refractivity contribution in [1.82, 2.24) is 9.55 Å². The van der Waals surface area contributed by atoms with Crippen LogP contribution in [0, 0.1) is 6.92 Å². The van der Waals surface area contributed by atoms with Crippen LogP contribution in [0.25, 0.3) is 0 Å². The molecular formula is C6H9N3O. The second-order valence-corrected chi connectivity index (χ2v) is 2.15. The summed E-state index contributed by atoms with van der Waals surface area (Å²) in [6.45, 7) is 1.81. The summed E-state index contributed by atoms with van der Waals surface area (Å²) in [6.07, 6.45) is 1.61. The molecule has 0 aliphatic rings. The molecule has 2 N–H and O–H groups in total. The summed E-state index contributed by atoms with van der Waals surface area (Å²) in [6, 6.07) is 0. The van der Waals surface area contributed by atoms with Crippen LogP contribution >= 0.6 is 0 Å². The van der Waals surface area contributed by atoms with E-state index in [1.807, 2.05) is 14.0 Å². The third kappa shape index (κ3) is 1.00. The van der Waals surface area contributed by atoms with Crippen LogP contribution in [-0.2, 0) is 7.05 Å². The van der Waals surface area contributed by atoms with E-state index in [0.29, 0.717) is 5.69 Å². The quantitative estimate of drug-likeness (QED) is 0.587. The fourth-order valence-electron chi connectivity index (χ4n) is 0.678. The summed E-state index contributed by atoms with van der Waals surface area (Å²) in [5.74, 6) is 0.303. The molecule has 1 aromatic heterocycles. The average molecular weight is 139 g/mol. The van der Waals surface area contributed by atoms with Gasteiger partial charge in [0.25, 0.3) is 5.91 Å². The van der Waals surface area contributed by atoms with Crippen LogP contribution in [-0.4, -0.2) is 15.5 Å². The Balaban J connectivity index is 3.10. The van der Waals surface area contributed by atoms with Crippen LogP contribution in [0.5, 0.6) is 0 Å². The van der Waals surface area contributed by atoms with E-state index in [1.54, 1.807) is 10.8 Å². The Morgan fingerprint density at radius 1 is 1.80 bits per heavy atom. The first-order chi connectivity index (χ1) is 4.61. The molecule has 0 aliphatic carbocycles. The minimum atomic E-state index is -0.483. The Morgan fingerprint density at radius 2 is 2.40 bits per heavy atom. The van der Waals surface area contributed by atoms with Crippen molar-refractivity contribution in [2.24, 2.45) is 12.8 Å². The highest BCUT2D eigenvalue weighted by atomic mass is 16.1. The molecule has 0 saturated carbocycles. The number of carbonyl (C=O) groups excluding carboxylic acids is 1. The lowest BCUT2D eigenvalue weighted by molar-refractivity contribution is 0.0996. The van der Waals surface area contributed by atoms with Gasteiger partial charge in [0.1, 0.15) is 11.5 Å². The molecule has 1 rings (SSSR count). The standard InChI is InChI=1S/C6H9N3O/c1-4-8-5(6(7)10)3-9(4)2/h3H,1-2H3,(H2,7,10). The maximum absolute atomic E-state index is 10.5. The Morgan fingerprint density at radius 3 is 2.60 bits per heavy atom. The second-order valence-electron chi connectivity index (χ2n) is 2.15. The number of imidazole rings is 1. The van der Waals surface area contributed by atoms with Crippen molar-refractivity contribution in [2.45, 2.75) is 6.92 Å². The van der Waals surface area contributed by atoms with Gasteiger partial charge in [0.05, 0.1) is 0 Å². The normalized spacial score (nSPS) is 9.80. The summed E-state index contributed by atoms with van der Waals surface area (Å²) in [5, 5.41) is 0. The van der Waals surface area contributed by atoms with Gasteiger partial charge in [-0.25, -0.2) is 4.98 Å². The van der Waals surface area contributed by atoms with E-state index < -0.39 is 5.91 Å². The average Bonchev–Trinajstić information content (AvgIpc) is 2.13. The predicted molar refractivity (Wildman–Crippen MR) is 36.5 cm³/mol. The number of hydrogen-bond acceptors (Lipinski definition) is 2. The number of primary amides is 1. The molecule has 4 heteroatoms. The fraction of sp³-hybridized carbons (Fsp3) is 0.333. The maximum Gasteiger partial charge on any atom is 0.268 e. The van der Waals surface area contributed by atoms with E-state index in [2.05, 4.69) is 4.98 Å². The van der Waals surface area contributed by atoms with E-state index in [-0.39, 0.29) is 0 Å². The fourth-order valence-corrected chi connectivity index (χ4v) is 0.678. The molecular weight excluding hydrogens is 130 g/mol. The number of aromatic nitrogens is 2. The molecule has 1 amide bonds. The van der Waals surface area contributed by atoms with Gasteiger partial charge in [0.15, 0.2) is 0 Å². The summed E-state index contributed by atoms with van der Waals surface area (Å²) in [7, 11) is 1.81. The predicted octanol–water partition coefficient (Wildman–Crippen LogP) is -0.173. The molecule has 0 fully saturated rings. The van der Waals surface area contributed by atoms with Crippen molar-refractivity contribution >= 4 is 5.91 Å². The monoisotopic (exact) mass is 139 g/mol. The number of rotatable bonds is 1. The second kappa shape index (κ2) is 2.13. The Bertz CT molecular complexity index is 244. The Labute approximate surface area is 58.7 Å². The molecule has 10 heavy (non-hydrogen) atoms. The van der Waals surface area contributed by atoms with E-state index in [1.165, 1.54) is 0 Å². The van der Waals surface area contributed by atoms with Gasteiger partial charge in [-0.1, -0.05) is 0 Å². The highest BCUT2D eigenvalue weighted by Crippen LogP contribution is 1.97. The van der Waals surface area contributed by atoms with Gasteiger partial charge in [0, 0.05) is 13.2 Å². The van der Waals surface area contributed by atoms with Gasteiger partial charge in [-0.05, 0) is 6.92 Å². The van der Waals surface area contributed by atoms with Crippen LogP contribution in [0.2, 0.25) is 0 Å². The van der Waals surface area contributed by atoms with Crippen LogP contribution in [0.1, 0.15) is 16.3 Å². The van der Waals surface area contributed by atoms with Crippen LogP contribution in [0.4, 0.5) is 0 Å². The SMILES string of the molecule is Cc1nc(C(N)=O)cn1C. The van der Waals surface area contributed by atoms with Crippen molar-refractivity contribution < 1.29 is 4.79 Å². The molecule has 54 valence electrons. The number of aryl methyl sites for hydroxylation is 2. The van der Waals surface area contributed by atoms with E-state index in [9.17, 15) is 4.79 Å². The van der Waals surface area contributed by atoms with Crippen LogP contribution < -0.4 is 5.73 Å². The van der Waals surface area contributed by atoms with Crippen molar-refractivity contribution in [3.05, 3.63) is 17.7 Å². The Hall–Kier alpha value is -1.32. The molecule has 0 aromatic carbocycles. The number of nitrogens with zero attached hydrogens (tertiary/aromatic N) is 2. The van der Waals surface area contributed by atoms with Gasteiger partial charge in [0.2, 0.25) is 0 Å². The molecule has 0 spiro atoms. The summed E-state index contributed by atoms with van der Waals surface area (Å²) < 4.78 is 1.75. The largest absolute Gasteiger partial charge is 0.364 e. The lowest BCUT2D eigenvalue weighted by Gasteiger charge is -1.87. The summed E-state index contributed by atoms with van der Waals surface area (Å²) >= 11 is 0. The van der Waals surface area contributed by atoms with E-state index in [0.717, 1.165) is 5.82 Å². The highest BCUT2D eigenvalue weighted by Gasteiger charge is 2.04. The molecule has 0 saturated heterocycles. The van der Waals surface area contributed by atoms with Crippen molar-refractivity contribution in [2.75, 3.05) is 0 Å². The zero-order valence-electron chi connectivity index (χ0n) is 5.96. The topological polar surface area (TPSA) is 60.9 Å². The smallest absolute Gasteiger partial charge is 0.268 e. The summed E-state index contributed by atoms with van der Waals surface area (Å²) in [4.78, 5) is 14.4. The highest BCUT2D eigenvalue weighted by molar-refractivity contribution is 5.90. The van der Waals surface area contributed by atoms with Crippen molar-refractivity contribution in [1.29, 1.82) is 0 Å². The molecule has 0 bridgehead atoms. The number of nitrogens with two attached hydrogens (primary N) is 1. The first-order valence-corrected chi connectivity index (χ1v) is 2.91. The van der Waals surface area contributed by atoms with Crippen molar-refractivity contribution in [3.63, 3.8) is 0 Å². The van der Waals surface area contributed by atoms with Crippen molar-refractivity contribution in [3.8, 4) is 0 Å². The first kappa shape index (κ1) is 6.80. The molecule has 0 atom stereocenters. The third-order valence-electron chi connectivity index (χ3n) is 1.36. The van der Waals surface area contributed by atoms with Gasteiger partial charge in [-0.2, -0.15) is 0 Å². The van der Waals surface area contributed by atoms with Gasteiger partial charge >= 0.3 is 0 Å². The molecule has 4 nitrogen and oxygen atoms in total. The number of amides is 1. The third-order valence-corrected chi connectivity index (χ3v) is 1.36. The molecule has 0 aliphatic heterocycles. The molecule has 1 aromatic rings. The molecule has 0 unspecified atom stereocenters. The lowest BCUT2D eigenvalue weighted by atomic mass is 10.5. The van der Waals surface area contributed by atoms with E-state index in [4.69, 9.17) is 5.73 Å². The summed E-state index contributed by atoms with van der Waals surface area (Å²) in [5.41, 5.74) is 5.30. The maximum atomic E-state index is 10.5. The minimum absolute atomic E-state index is 0.319. The number of carbonyl (C=O) groups is 1. The first-order valence-electron chi connectivity index (χ1n) is 2.91. The lowest BCUT2D eigenvalue weighted by Crippen LogP contribution is -2.11. The minimum Gasteiger partial charge on any atom is -0.364 e. The van der Waals surface area contributed by atoms with Crippen LogP contribution in [0.15, 0.2) is 6.20 Å². The zero-order chi connectivity index (χ0) is 7.72. The van der Waals surface area contributed by atoms with Gasteiger partial charge in [-0.3, -0.25) is 4.79 Å². The zero-order valence-corrected chi connectivity index (χ0v) is 5.96. The molecule has 0 radical (unpaired) electrons. The van der Waals surface area contributed by atoms with Gasteiger partial charge in [-0.15, -0.1) is 0 Å². The van der Waals surface area contributed by atoms with Crippen LogP contribution in [0.3, 0.4) is 0 Å². The number of hydrogen-bond donors (Lipinski definition) is 1. The Kier molecular flexibility index (Phi) is 1.45. The van der Waals surface area contributed by atoms with E-state index >= 15 is 0 Å². The van der Waals surface area contributed by atoms with Gasteiger partial charge < -0.3 is 10.3 Å². The molecule has 1 heterocycles.